The van der Waals surface area contributed by atoms with Gasteiger partial charge in [-0.2, -0.15) is 0 Å². The Morgan fingerprint density at radius 2 is 1.31 bits per heavy atom. The van der Waals surface area contributed by atoms with E-state index in [0.29, 0.717) is 53.8 Å². The SMILES string of the molecule is O=C(CCC(=O)NC1=C(Cc2ccccc2)C(Cc2ccccc2)CCCCC1)NCCCCCCCCOc1ccc(Cc2nc3c(Cc4ccccc4)nc(-c4ccc(O)cc4)cn3c2O)cc1F. The summed E-state index contributed by atoms with van der Waals surface area (Å²) in [4.78, 5) is 35.8. The van der Waals surface area contributed by atoms with Gasteiger partial charge in [0.05, 0.1) is 18.0 Å². The number of nitrogens with zero attached hydrogens (tertiary/aromatic N) is 3. The van der Waals surface area contributed by atoms with Gasteiger partial charge in [0.2, 0.25) is 17.7 Å². The minimum absolute atomic E-state index is 0.0428. The molecule has 5 aromatic carbocycles. The molecule has 0 saturated carbocycles. The number of imidazole rings is 1. The summed E-state index contributed by atoms with van der Waals surface area (Å²) in [5.74, 6) is -0.0358. The van der Waals surface area contributed by atoms with Gasteiger partial charge in [-0.25, -0.2) is 14.4 Å². The van der Waals surface area contributed by atoms with Gasteiger partial charge < -0.3 is 25.6 Å². The molecule has 0 aliphatic heterocycles. The Morgan fingerprint density at radius 3 is 2.03 bits per heavy atom. The van der Waals surface area contributed by atoms with Crippen LogP contribution in [0.3, 0.4) is 0 Å². The van der Waals surface area contributed by atoms with Gasteiger partial charge in [-0.1, -0.05) is 136 Å². The van der Waals surface area contributed by atoms with E-state index in [4.69, 9.17) is 14.7 Å². The van der Waals surface area contributed by atoms with Gasteiger partial charge in [-0.05, 0) is 115 Å². The third kappa shape index (κ3) is 14.6. The molecule has 71 heavy (non-hydrogen) atoms. The average Bonchev–Trinajstić information content (AvgIpc) is 3.69. The maximum atomic E-state index is 15.3. The summed E-state index contributed by atoms with van der Waals surface area (Å²) in [7, 11) is 0. The van der Waals surface area contributed by atoms with Crippen LogP contribution in [-0.4, -0.2) is 49.5 Å². The van der Waals surface area contributed by atoms with Crippen molar-refractivity contribution >= 4 is 17.5 Å². The highest BCUT2D eigenvalue weighted by Gasteiger charge is 2.24. The molecule has 1 aliphatic rings. The molecule has 2 aromatic heterocycles. The first-order valence-electron chi connectivity index (χ1n) is 25.5. The van der Waals surface area contributed by atoms with Crippen molar-refractivity contribution in [2.24, 2.45) is 5.92 Å². The molecule has 10 nitrogen and oxygen atoms in total. The zero-order valence-electron chi connectivity index (χ0n) is 40.6. The summed E-state index contributed by atoms with van der Waals surface area (Å²) in [6.45, 7) is 0.977. The molecule has 0 fully saturated rings. The molecule has 2 amide bonds. The maximum Gasteiger partial charge on any atom is 0.224 e. The van der Waals surface area contributed by atoms with Crippen LogP contribution < -0.4 is 15.4 Å². The Hall–Kier alpha value is -7.27. The second-order valence-corrected chi connectivity index (χ2v) is 18.8. The third-order valence-corrected chi connectivity index (χ3v) is 13.4. The van der Waals surface area contributed by atoms with Gasteiger partial charge in [0.25, 0.3) is 0 Å². The number of ether oxygens (including phenoxy) is 1. The quantitative estimate of drug-likeness (QED) is 0.0469. The second kappa shape index (κ2) is 25.5. The van der Waals surface area contributed by atoms with E-state index in [1.54, 1.807) is 47.0 Å². The van der Waals surface area contributed by atoms with Gasteiger partial charge in [0.1, 0.15) is 11.4 Å². The van der Waals surface area contributed by atoms with E-state index in [-0.39, 0.29) is 48.5 Å². The molecule has 368 valence electrons. The molecule has 2 heterocycles. The second-order valence-electron chi connectivity index (χ2n) is 18.8. The van der Waals surface area contributed by atoms with Gasteiger partial charge in [0.15, 0.2) is 17.2 Å². The van der Waals surface area contributed by atoms with Gasteiger partial charge in [-0.3, -0.25) is 14.0 Å². The number of allylic oxidation sites excluding steroid dienone is 2. The van der Waals surface area contributed by atoms with Crippen LogP contribution in [0.2, 0.25) is 0 Å². The number of unbranched alkanes of at least 4 members (excludes halogenated alkanes) is 5. The number of benzene rings is 5. The number of aromatic nitrogens is 3. The first-order chi connectivity index (χ1) is 34.8. The zero-order valence-corrected chi connectivity index (χ0v) is 40.6. The van der Waals surface area contributed by atoms with E-state index in [1.165, 1.54) is 29.2 Å². The van der Waals surface area contributed by atoms with E-state index < -0.39 is 5.82 Å². The summed E-state index contributed by atoms with van der Waals surface area (Å²) in [6.07, 6.45) is 15.4. The number of hydrogen-bond acceptors (Lipinski definition) is 7. The fraction of sp³-hybridized carbons (Fsp3) is 0.333. The van der Waals surface area contributed by atoms with Crippen LogP contribution in [0.5, 0.6) is 17.4 Å². The molecule has 11 heteroatoms. The summed E-state index contributed by atoms with van der Waals surface area (Å²) in [5.41, 5.74) is 9.60. The summed E-state index contributed by atoms with van der Waals surface area (Å²) >= 11 is 0. The van der Waals surface area contributed by atoms with Crippen LogP contribution >= 0.6 is 0 Å². The largest absolute Gasteiger partial charge is 0.508 e. The van der Waals surface area contributed by atoms with Crippen LogP contribution in [0.15, 0.2) is 151 Å². The number of amides is 2. The molecule has 1 atom stereocenters. The minimum Gasteiger partial charge on any atom is -0.508 e. The smallest absolute Gasteiger partial charge is 0.224 e. The zero-order chi connectivity index (χ0) is 49.2. The van der Waals surface area contributed by atoms with Gasteiger partial charge in [-0.15, -0.1) is 0 Å². The monoisotopic (exact) mass is 956 g/mol. The van der Waals surface area contributed by atoms with Crippen molar-refractivity contribution in [1.82, 2.24) is 25.0 Å². The Kier molecular flexibility index (Phi) is 18.0. The highest BCUT2D eigenvalue weighted by molar-refractivity contribution is 5.84. The summed E-state index contributed by atoms with van der Waals surface area (Å²) in [5, 5.41) is 27.5. The number of carbonyl (C=O) groups is 2. The number of phenols is 1. The lowest BCUT2D eigenvalue weighted by Crippen LogP contribution is -2.30. The van der Waals surface area contributed by atoms with Crippen LogP contribution in [-0.2, 0) is 35.3 Å². The number of hydrogen-bond donors (Lipinski definition) is 4. The Labute approximate surface area is 417 Å². The fourth-order valence-corrected chi connectivity index (χ4v) is 9.58. The lowest BCUT2D eigenvalue weighted by Gasteiger charge is -2.27. The van der Waals surface area contributed by atoms with E-state index in [1.807, 2.05) is 36.4 Å². The number of rotatable bonds is 23. The first-order valence-corrected chi connectivity index (χ1v) is 25.5. The molecule has 4 N–H and O–H groups in total. The Bertz CT molecular complexity index is 2850. The van der Waals surface area contributed by atoms with Gasteiger partial charge >= 0.3 is 0 Å². The molecule has 1 unspecified atom stereocenters. The van der Waals surface area contributed by atoms with Crippen LogP contribution in [0, 0.1) is 11.7 Å². The van der Waals surface area contributed by atoms with Crippen molar-refractivity contribution in [2.75, 3.05) is 13.2 Å². The first kappa shape index (κ1) is 50.1. The highest BCUT2D eigenvalue weighted by Crippen LogP contribution is 2.33. The summed E-state index contributed by atoms with van der Waals surface area (Å²) in [6, 6.07) is 42.6. The predicted octanol–water partition coefficient (Wildman–Crippen LogP) is 12.2. The Morgan fingerprint density at radius 1 is 0.662 bits per heavy atom. The number of aromatic hydroxyl groups is 2. The molecule has 0 radical (unpaired) electrons. The van der Waals surface area contributed by atoms with E-state index in [0.717, 1.165) is 93.9 Å². The lowest BCUT2D eigenvalue weighted by molar-refractivity contribution is -0.126. The minimum atomic E-state index is -0.470. The topological polar surface area (TPSA) is 138 Å². The predicted molar refractivity (Wildman–Crippen MR) is 278 cm³/mol. The van der Waals surface area contributed by atoms with Crippen molar-refractivity contribution in [3.8, 4) is 28.6 Å². The number of carbonyl (C=O) groups excluding carboxylic acids is 2. The van der Waals surface area contributed by atoms with E-state index >= 15 is 4.39 Å². The molecule has 1 aliphatic carbocycles. The molecule has 0 spiro atoms. The van der Waals surface area contributed by atoms with Crippen LogP contribution in [0.25, 0.3) is 16.9 Å². The van der Waals surface area contributed by atoms with Crippen molar-refractivity contribution in [3.05, 3.63) is 190 Å². The number of fused-ring (bicyclic) bond motifs is 1. The van der Waals surface area contributed by atoms with Gasteiger partial charge in [0, 0.05) is 49.7 Å². The fourth-order valence-electron chi connectivity index (χ4n) is 9.58. The Balaban J connectivity index is 0.740. The molecular formula is C60H66FN5O5. The lowest BCUT2D eigenvalue weighted by atomic mass is 9.80. The van der Waals surface area contributed by atoms with E-state index in [2.05, 4.69) is 65.2 Å². The molecule has 0 bridgehead atoms. The number of halogens is 1. The molecule has 8 rings (SSSR count). The number of nitrogens with one attached hydrogen (secondary N) is 2. The number of phenolic OH excluding ortho intramolecular Hbond substituents is 1. The van der Waals surface area contributed by atoms with Crippen molar-refractivity contribution < 1.29 is 28.9 Å². The maximum absolute atomic E-state index is 15.3. The van der Waals surface area contributed by atoms with Crippen molar-refractivity contribution in [3.63, 3.8) is 0 Å². The third-order valence-electron chi connectivity index (χ3n) is 13.4. The van der Waals surface area contributed by atoms with Crippen molar-refractivity contribution in [1.29, 1.82) is 0 Å². The van der Waals surface area contributed by atoms with Crippen molar-refractivity contribution in [2.45, 2.75) is 109 Å². The molecule has 0 saturated heterocycles. The van der Waals surface area contributed by atoms with Crippen LogP contribution in [0.1, 0.15) is 117 Å². The summed E-state index contributed by atoms with van der Waals surface area (Å²) < 4.78 is 22.8. The van der Waals surface area contributed by atoms with E-state index in [9.17, 15) is 19.8 Å². The normalized spacial score (nSPS) is 14.0. The van der Waals surface area contributed by atoms with Crippen LogP contribution in [0.4, 0.5) is 4.39 Å². The molecule has 7 aromatic rings. The molecular weight excluding hydrogens is 890 g/mol. The highest BCUT2D eigenvalue weighted by atomic mass is 19.1. The average molecular weight is 956 g/mol. The standard InChI is InChI=1S/C60H66FN5O5/c61-51-39-46(41-54-60(70)66-42-55(47-28-30-49(67)31-29-47)63-53(59(66)65-54)40-45-23-13-7-14-24-45)27-32-56(51)71-36-18-4-2-1-3-17-35-62-57(68)33-34-58(69)64-52-26-16-8-15-25-48(37-43-19-9-5-10-20-43)50(52)38-44-21-11-6-12-22-44/h5-7,9-14,19-24,27-32,39,42,48,67,70H,1-4,8,15-18,25-26,33-38,40-41H2,(H,62,68)(H,64,69).